The SMILES string of the molecule is CCCC=Cc1cc2ccccc2cc1N. The molecule has 1 heteroatoms. The minimum atomic E-state index is 0.853. The molecular formula is C15H17N. The second-order valence-electron chi connectivity index (χ2n) is 4.02. The Labute approximate surface area is 96.6 Å². The molecule has 16 heavy (non-hydrogen) atoms. The molecule has 2 aromatic carbocycles. The molecule has 0 atom stereocenters. The summed E-state index contributed by atoms with van der Waals surface area (Å²) in [5.74, 6) is 0. The van der Waals surface area contributed by atoms with Crippen LogP contribution in [0.25, 0.3) is 16.8 Å². The van der Waals surface area contributed by atoms with E-state index < -0.39 is 0 Å². The van der Waals surface area contributed by atoms with E-state index in [9.17, 15) is 0 Å². The topological polar surface area (TPSA) is 26.0 Å². The maximum absolute atomic E-state index is 6.02. The molecule has 0 amide bonds. The third-order valence-electron chi connectivity index (χ3n) is 2.70. The lowest BCUT2D eigenvalue weighted by atomic mass is 10.0. The molecule has 0 saturated carbocycles. The summed E-state index contributed by atoms with van der Waals surface area (Å²) in [4.78, 5) is 0. The number of nitrogen functional groups attached to an aromatic ring is 1. The second kappa shape index (κ2) is 4.84. The average Bonchev–Trinajstić information content (AvgIpc) is 2.30. The summed E-state index contributed by atoms with van der Waals surface area (Å²) in [6.07, 6.45) is 6.57. The van der Waals surface area contributed by atoms with E-state index >= 15 is 0 Å². The predicted molar refractivity (Wildman–Crippen MR) is 72.3 cm³/mol. The van der Waals surface area contributed by atoms with E-state index in [4.69, 9.17) is 5.73 Å². The number of nitrogens with two attached hydrogens (primary N) is 1. The van der Waals surface area contributed by atoms with Gasteiger partial charge in [-0.2, -0.15) is 0 Å². The number of rotatable bonds is 3. The molecule has 1 nitrogen and oxygen atoms in total. The van der Waals surface area contributed by atoms with Crippen LogP contribution in [0.3, 0.4) is 0 Å². The zero-order valence-electron chi connectivity index (χ0n) is 9.61. The molecule has 2 aromatic rings. The first-order valence-electron chi connectivity index (χ1n) is 5.76. The summed E-state index contributed by atoms with van der Waals surface area (Å²) in [6, 6.07) is 12.5. The molecule has 0 fully saturated rings. The van der Waals surface area contributed by atoms with Gasteiger partial charge in [0.15, 0.2) is 0 Å². The monoisotopic (exact) mass is 211 g/mol. The first-order valence-corrected chi connectivity index (χ1v) is 5.76. The van der Waals surface area contributed by atoms with E-state index in [1.54, 1.807) is 0 Å². The molecule has 0 aliphatic heterocycles. The number of unbranched alkanes of at least 4 members (excludes halogenated alkanes) is 1. The van der Waals surface area contributed by atoms with E-state index in [-0.39, 0.29) is 0 Å². The van der Waals surface area contributed by atoms with Gasteiger partial charge in [0, 0.05) is 5.69 Å². The molecule has 82 valence electrons. The fourth-order valence-electron chi connectivity index (χ4n) is 1.80. The Kier molecular flexibility index (Phi) is 3.25. The van der Waals surface area contributed by atoms with Gasteiger partial charge in [-0.1, -0.05) is 49.8 Å². The van der Waals surface area contributed by atoms with Crippen LogP contribution in [0.4, 0.5) is 5.69 Å². The number of benzene rings is 2. The Morgan fingerprint density at radius 1 is 1.12 bits per heavy atom. The van der Waals surface area contributed by atoms with Gasteiger partial charge in [-0.3, -0.25) is 0 Å². The minimum absolute atomic E-state index is 0.853. The van der Waals surface area contributed by atoms with Crippen molar-refractivity contribution in [1.82, 2.24) is 0 Å². The maximum Gasteiger partial charge on any atom is 0.0393 e. The molecule has 0 aliphatic rings. The molecule has 2 N–H and O–H groups in total. The molecule has 0 saturated heterocycles. The van der Waals surface area contributed by atoms with Crippen molar-refractivity contribution in [2.24, 2.45) is 0 Å². The van der Waals surface area contributed by atoms with Crippen LogP contribution in [0.5, 0.6) is 0 Å². The molecule has 0 heterocycles. The fraction of sp³-hybridized carbons (Fsp3) is 0.200. The molecular weight excluding hydrogens is 194 g/mol. The van der Waals surface area contributed by atoms with Crippen LogP contribution in [0, 0.1) is 0 Å². The largest absolute Gasteiger partial charge is 0.398 e. The van der Waals surface area contributed by atoms with Gasteiger partial charge in [0.05, 0.1) is 0 Å². The van der Waals surface area contributed by atoms with Gasteiger partial charge < -0.3 is 5.73 Å². The Hall–Kier alpha value is -1.76. The van der Waals surface area contributed by atoms with Crippen LogP contribution >= 0.6 is 0 Å². The molecule has 0 spiro atoms. The van der Waals surface area contributed by atoms with E-state index in [1.807, 2.05) is 12.1 Å². The second-order valence-corrected chi connectivity index (χ2v) is 4.02. The highest BCUT2D eigenvalue weighted by Gasteiger charge is 1.98. The van der Waals surface area contributed by atoms with Crippen molar-refractivity contribution in [2.75, 3.05) is 5.73 Å². The predicted octanol–water partition coefficient (Wildman–Crippen LogP) is 4.24. The van der Waals surface area contributed by atoms with Gasteiger partial charge in [0.1, 0.15) is 0 Å². The molecule has 0 radical (unpaired) electrons. The number of allylic oxidation sites excluding steroid dienone is 1. The van der Waals surface area contributed by atoms with Crippen molar-refractivity contribution in [3.8, 4) is 0 Å². The molecule has 2 rings (SSSR count). The van der Waals surface area contributed by atoms with Crippen LogP contribution in [-0.2, 0) is 0 Å². The lowest BCUT2D eigenvalue weighted by molar-refractivity contribution is 0.962. The Bertz CT molecular complexity index is 512. The van der Waals surface area contributed by atoms with Gasteiger partial charge in [-0.25, -0.2) is 0 Å². The Morgan fingerprint density at radius 3 is 2.50 bits per heavy atom. The Morgan fingerprint density at radius 2 is 1.81 bits per heavy atom. The van der Waals surface area contributed by atoms with E-state index in [0.717, 1.165) is 17.7 Å². The van der Waals surface area contributed by atoms with Crippen molar-refractivity contribution < 1.29 is 0 Å². The fourth-order valence-corrected chi connectivity index (χ4v) is 1.80. The third-order valence-corrected chi connectivity index (χ3v) is 2.70. The smallest absolute Gasteiger partial charge is 0.0393 e. The highest BCUT2D eigenvalue weighted by Crippen LogP contribution is 2.22. The van der Waals surface area contributed by atoms with Gasteiger partial charge in [-0.05, 0) is 34.9 Å². The van der Waals surface area contributed by atoms with Crippen molar-refractivity contribution in [3.05, 3.63) is 48.0 Å². The third kappa shape index (κ3) is 2.25. The highest BCUT2D eigenvalue weighted by atomic mass is 14.6. The summed E-state index contributed by atoms with van der Waals surface area (Å²) in [7, 11) is 0. The average molecular weight is 211 g/mol. The summed E-state index contributed by atoms with van der Waals surface area (Å²) in [5, 5.41) is 2.44. The summed E-state index contributed by atoms with van der Waals surface area (Å²) in [6.45, 7) is 2.17. The zero-order chi connectivity index (χ0) is 11.4. The highest BCUT2D eigenvalue weighted by molar-refractivity contribution is 5.89. The number of anilines is 1. The van der Waals surface area contributed by atoms with Gasteiger partial charge >= 0.3 is 0 Å². The summed E-state index contributed by atoms with van der Waals surface area (Å²) < 4.78 is 0. The van der Waals surface area contributed by atoms with Crippen LogP contribution in [0.15, 0.2) is 42.5 Å². The molecule has 0 aromatic heterocycles. The first-order chi connectivity index (χ1) is 7.81. The number of hydrogen-bond acceptors (Lipinski definition) is 1. The standard InChI is InChI=1S/C15H17N/c1-2-3-4-9-14-10-12-7-5-6-8-13(12)11-15(14)16/h4-11H,2-3,16H2,1H3. The number of hydrogen-bond donors (Lipinski definition) is 1. The zero-order valence-corrected chi connectivity index (χ0v) is 9.61. The van der Waals surface area contributed by atoms with E-state index in [1.165, 1.54) is 17.2 Å². The van der Waals surface area contributed by atoms with Crippen molar-refractivity contribution >= 4 is 22.5 Å². The normalized spacial score (nSPS) is 11.3. The van der Waals surface area contributed by atoms with Gasteiger partial charge in [0.25, 0.3) is 0 Å². The minimum Gasteiger partial charge on any atom is -0.398 e. The van der Waals surface area contributed by atoms with Crippen molar-refractivity contribution in [2.45, 2.75) is 19.8 Å². The van der Waals surface area contributed by atoms with Crippen LogP contribution in [0.2, 0.25) is 0 Å². The molecule has 0 unspecified atom stereocenters. The van der Waals surface area contributed by atoms with E-state index in [2.05, 4.69) is 43.3 Å². The van der Waals surface area contributed by atoms with E-state index in [0.29, 0.717) is 0 Å². The molecule has 0 aliphatic carbocycles. The maximum atomic E-state index is 6.02. The van der Waals surface area contributed by atoms with Crippen molar-refractivity contribution in [1.29, 1.82) is 0 Å². The van der Waals surface area contributed by atoms with Crippen LogP contribution in [0.1, 0.15) is 25.3 Å². The quantitative estimate of drug-likeness (QED) is 0.755. The lowest BCUT2D eigenvalue weighted by Gasteiger charge is -2.04. The molecule has 0 bridgehead atoms. The van der Waals surface area contributed by atoms with Gasteiger partial charge in [-0.15, -0.1) is 0 Å². The van der Waals surface area contributed by atoms with Gasteiger partial charge in [0.2, 0.25) is 0 Å². The van der Waals surface area contributed by atoms with Crippen molar-refractivity contribution in [3.63, 3.8) is 0 Å². The first kappa shape index (κ1) is 10.7. The van der Waals surface area contributed by atoms with Crippen LogP contribution in [-0.4, -0.2) is 0 Å². The lowest BCUT2D eigenvalue weighted by Crippen LogP contribution is -1.89. The summed E-state index contributed by atoms with van der Waals surface area (Å²) in [5.41, 5.74) is 7.99. The van der Waals surface area contributed by atoms with Crippen LogP contribution < -0.4 is 5.73 Å². The Balaban J connectivity index is 2.42. The summed E-state index contributed by atoms with van der Waals surface area (Å²) >= 11 is 0. The number of fused-ring (bicyclic) bond motifs is 1.